The number of hydrogen-bond acceptors (Lipinski definition) is 5. The van der Waals surface area contributed by atoms with Gasteiger partial charge in [-0.1, -0.05) is 18.2 Å². The number of rotatable bonds is 3. The summed E-state index contributed by atoms with van der Waals surface area (Å²) < 4.78 is 21.7. The van der Waals surface area contributed by atoms with Crippen LogP contribution in [0, 0.1) is 0 Å². The monoisotopic (exact) mass is 274 g/mol. The van der Waals surface area contributed by atoms with Crippen LogP contribution < -0.4 is 14.2 Å². The van der Waals surface area contributed by atoms with E-state index >= 15 is 0 Å². The predicted molar refractivity (Wildman–Crippen MR) is 75.0 cm³/mol. The summed E-state index contributed by atoms with van der Waals surface area (Å²) in [5, 5.41) is 11.8. The summed E-state index contributed by atoms with van der Waals surface area (Å²) in [7, 11) is 4.43. The first kappa shape index (κ1) is 12.5. The summed E-state index contributed by atoms with van der Waals surface area (Å²) in [4.78, 5) is 0. The highest BCUT2D eigenvalue weighted by atomic mass is 16.5. The Morgan fingerprint density at radius 1 is 0.900 bits per heavy atom. The lowest BCUT2D eigenvalue weighted by atomic mass is 10.1. The Bertz CT molecular complexity index is 788. The number of benzene rings is 2. The molecule has 1 aromatic heterocycles. The molecule has 104 valence electrons. The molecule has 0 amide bonds. The summed E-state index contributed by atoms with van der Waals surface area (Å²) in [6.07, 6.45) is 0. The van der Waals surface area contributed by atoms with Gasteiger partial charge < -0.3 is 23.7 Å². The van der Waals surface area contributed by atoms with E-state index in [1.165, 1.54) is 21.3 Å². The second-order valence-electron chi connectivity index (χ2n) is 4.25. The van der Waals surface area contributed by atoms with Crippen molar-refractivity contribution in [2.24, 2.45) is 0 Å². The van der Waals surface area contributed by atoms with E-state index in [0.717, 1.165) is 5.39 Å². The molecule has 2 aromatic carbocycles. The first-order valence-corrected chi connectivity index (χ1v) is 6.05. The zero-order valence-electron chi connectivity index (χ0n) is 11.4. The fourth-order valence-corrected chi connectivity index (χ4v) is 2.44. The molecular formula is C15H14O5. The van der Waals surface area contributed by atoms with Crippen molar-refractivity contribution in [3.8, 4) is 23.0 Å². The minimum Gasteiger partial charge on any atom is -0.502 e. The molecule has 1 N–H and O–H groups in total. The maximum atomic E-state index is 10.3. The largest absolute Gasteiger partial charge is 0.502 e. The van der Waals surface area contributed by atoms with Crippen LogP contribution in [0.15, 0.2) is 28.7 Å². The molecule has 0 spiro atoms. The molecule has 0 bridgehead atoms. The Kier molecular flexibility index (Phi) is 2.82. The molecule has 0 saturated carbocycles. The fourth-order valence-electron chi connectivity index (χ4n) is 2.44. The van der Waals surface area contributed by atoms with Crippen LogP contribution in [-0.4, -0.2) is 26.4 Å². The number of phenolic OH excluding ortho intramolecular Hbond substituents is 1. The van der Waals surface area contributed by atoms with Gasteiger partial charge >= 0.3 is 0 Å². The Hall–Kier alpha value is -2.56. The highest BCUT2D eigenvalue weighted by Gasteiger charge is 2.26. The summed E-state index contributed by atoms with van der Waals surface area (Å²) in [6, 6.07) is 7.51. The number of fused-ring (bicyclic) bond motifs is 3. The zero-order valence-corrected chi connectivity index (χ0v) is 11.4. The molecule has 20 heavy (non-hydrogen) atoms. The Balaban J connectivity index is 2.59. The molecule has 0 unspecified atom stereocenters. The number of methoxy groups -OCH3 is 3. The molecular weight excluding hydrogens is 260 g/mol. The van der Waals surface area contributed by atoms with E-state index in [0.29, 0.717) is 28.1 Å². The lowest BCUT2D eigenvalue weighted by Crippen LogP contribution is -1.94. The molecule has 5 nitrogen and oxygen atoms in total. The molecule has 1 heterocycles. The van der Waals surface area contributed by atoms with Crippen LogP contribution >= 0.6 is 0 Å². The summed E-state index contributed by atoms with van der Waals surface area (Å²) in [5.74, 6) is 0.737. The van der Waals surface area contributed by atoms with Gasteiger partial charge in [-0.15, -0.1) is 0 Å². The molecule has 3 aromatic rings. The average molecular weight is 274 g/mol. The van der Waals surface area contributed by atoms with E-state index in [1.807, 2.05) is 24.3 Å². The van der Waals surface area contributed by atoms with E-state index in [-0.39, 0.29) is 11.5 Å². The van der Waals surface area contributed by atoms with Crippen molar-refractivity contribution in [2.75, 3.05) is 21.3 Å². The number of para-hydroxylation sites is 1. The minimum absolute atomic E-state index is 0.106. The third-order valence-corrected chi connectivity index (χ3v) is 3.28. The van der Waals surface area contributed by atoms with Gasteiger partial charge in [0.2, 0.25) is 17.2 Å². The van der Waals surface area contributed by atoms with Gasteiger partial charge in [0.05, 0.1) is 26.7 Å². The average Bonchev–Trinajstić information content (AvgIpc) is 2.85. The van der Waals surface area contributed by atoms with Crippen LogP contribution in [0.2, 0.25) is 0 Å². The number of hydrogen-bond donors (Lipinski definition) is 1. The number of aromatic hydroxyl groups is 1. The Morgan fingerprint density at radius 3 is 2.20 bits per heavy atom. The van der Waals surface area contributed by atoms with Crippen molar-refractivity contribution in [1.82, 2.24) is 0 Å². The van der Waals surface area contributed by atoms with Gasteiger partial charge in [0.25, 0.3) is 0 Å². The van der Waals surface area contributed by atoms with Crippen LogP contribution in [0.5, 0.6) is 23.0 Å². The van der Waals surface area contributed by atoms with Gasteiger partial charge in [0.1, 0.15) is 5.58 Å². The van der Waals surface area contributed by atoms with Crippen molar-refractivity contribution in [1.29, 1.82) is 0 Å². The highest BCUT2D eigenvalue weighted by Crippen LogP contribution is 2.52. The smallest absolute Gasteiger partial charge is 0.211 e. The standard InChI is InChI=1S/C15H14O5/c1-17-12-10-8-6-4-5-7-9(8)20-13(10)15(19-3)14(18-2)11(12)16/h4-7,16H,1-3H3. The van der Waals surface area contributed by atoms with Crippen molar-refractivity contribution in [3.05, 3.63) is 24.3 Å². The van der Waals surface area contributed by atoms with E-state index in [9.17, 15) is 5.11 Å². The zero-order chi connectivity index (χ0) is 14.3. The van der Waals surface area contributed by atoms with Gasteiger partial charge in [-0.3, -0.25) is 0 Å². The molecule has 0 saturated heterocycles. The van der Waals surface area contributed by atoms with Crippen LogP contribution in [0.4, 0.5) is 0 Å². The van der Waals surface area contributed by atoms with Crippen molar-refractivity contribution < 1.29 is 23.7 Å². The summed E-state index contributed by atoms with van der Waals surface area (Å²) in [5.41, 5.74) is 1.17. The lowest BCUT2D eigenvalue weighted by molar-refractivity contribution is 0.318. The molecule has 5 heteroatoms. The van der Waals surface area contributed by atoms with Gasteiger partial charge in [-0.2, -0.15) is 0 Å². The van der Waals surface area contributed by atoms with Crippen LogP contribution in [0.3, 0.4) is 0 Å². The molecule has 0 fully saturated rings. The number of phenols is 1. The normalized spacial score (nSPS) is 10.9. The van der Waals surface area contributed by atoms with E-state index < -0.39 is 0 Å². The fraction of sp³-hybridized carbons (Fsp3) is 0.200. The first-order chi connectivity index (χ1) is 9.72. The van der Waals surface area contributed by atoms with Crippen molar-refractivity contribution in [2.45, 2.75) is 0 Å². The van der Waals surface area contributed by atoms with Gasteiger partial charge in [0, 0.05) is 5.39 Å². The first-order valence-electron chi connectivity index (χ1n) is 6.05. The van der Waals surface area contributed by atoms with Crippen LogP contribution in [0.25, 0.3) is 21.9 Å². The Morgan fingerprint density at radius 2 is 1.55 bits per heavy atom. The topological polar surface area (TPSA) is 61.1 Å². The predicted octanol–water partition coefficient (Wildman–Crippen LogP) is 3.32. The highest BCUT2D eigenvalue weighted by molar-refractivity contribution is 6.12. The molecule has 3 rings (SSSR count). The number of furan rings is 1. The SMILES string of the molecule is COc1c(O)c(OC)c2c(oc3ccccc32)c1OC. The summed E-state index contributed by atoms with van der Waals surface area (Å²) in [6.45, 7) is 0. The summed E-state index contributed by atoms with van der Waals surface area (Å²) >= 11 is 0. The molecule has 0 atom stereocenters. The Labute approximate surface area is 115 Å². The third-order valence-electron chi connectivity index (χ3n) is 3.28. The molecule has 0 aliphatic carbocycles. The second kappa shape index (κ2) is 4.52. The molecule has 0 aliphatic rings. The number of ether oxygens (including phenoxy) is 3. The maximum Gasteiger partial charge on any atom is 0.211 e. The van der Waals surface area contributed by atoms with E-state index in [1.54, 1.807) is 0 Å². The van der Waals surface area contributed by atoms with Crippen molar-refractivity contribution >= 4 is 21.9 Å². The lowest BCUT2D eigenvalue weighted by Gasteiger charge is -2.13. The second-order valence-corrected chi connectivity index (χ2v) is 4.25. The minimum atomic E-state index is -0.106. The van der Waals surface area contributed by atoms with Crippen molar-refractivity contribution in [3.63, 3.8) is 0 Å². The molecule has 0 aliphatic heterocycles. The maximum absolute atomic E-state index is 10.3. The molecule has 0 radical (unpaired) electrons. The third kappa shape index (κ3) is 1.49. The van der Waals surface area contributed by atoms with E-state index in [2.05, 4.69) is 0 Å². The quantitative estimate of drug-likeness (QED) is 0.793. The van der Waals surface area contributed by atoms with E-state index in [4.69, 9.17) is 18.6 Å². The van der Waals surface area contributed by atoms with Gasteiger partial charge in [-0.05, 0) is 6.07 Å². The van der Waals surface area contributed by atoms with Gasteiger partial charge in [0.15, 0.2) is 11.3 Å². The van der Waals surface area contributed by atoms with Crippen LogP contribution in [0.1, 0.15) is 0 Å². The van der Waals surface area contributed by atoms with Crippen LogP contribution in [-0.2, 0) is 0 Å². The van der Waals surface area contributed by atoms with Gasteiger partial charge in [-0.25, -0.2) is 0 Å².